The second-order valence-corrected chi connectivity index (χ2v) is 11.6. The van der Waals surface area contributed by atoms with Crippen molar-refractivity contribution in [3.05, 3.63) is 101 Å². The molecule has 0 radical (unpaired) electrons. The molecule has 1 fully saturated rings. The van der Waals surface area contributed by atoms with E-state index in [9.17, 15) is 14.4 Å². The summed E-state index contributed by atoms with van der Waals surface area (Å²) in [4.78, 5) is 42.2. The number of rotatable bonds is 5. The number of hydrogen-bond donors (Lipinski definition) is 1. The molecule has 3 amide bonds. The van der Waals surface area contributed by atoms with Crippen molar-refractivity contribution in [1.29, 1.82) is 0 Å². The van der Waals surface area contributed by atoms with Gasteiger partial charge in [0.25, 0.3) is 5.91 Å². The third kappa shape index (κ3) is 7.06. The Morgan fingerprint density at radius 3 is 2.49 bits per heavy atom. The topological polar surface area (TPSA) is 88.2 Å². The Balaban J connectivity index is 1.23. The minimum atomic E-state index is -0.569. The second-order valence-electron chi connectivity index (χ2n) is 11.6. The van der Waals surface area contributed by atoms with Crippen molar-refractivity contribution in [2.24, 2.45) is 0 Å². The van der Waals surface area contributed by atoms with Crippen LogP contribution in [0.1, 0.15) is 72.3 Å². The number of likely N-dealkylation sites (tertiary alicyclic amines) is 1. The molecule has 1 unspecified atom stereocenters. The molecule has 0 aliphatic carbocycles. The maximum atomic E-state index is 13.2. The number of nitrogens with one attached hydrogen (secondary N) is 1. The van der Waals surface area contributed by atoms with Crippen molar-refractivity contribution < 1.29 is 23.9 Å². The molecule has 3 aromatic rings. The van der Waals surface area contributed by atoms with Crippen LogP contribution in [-0.4, -0.2) is 46.6 Å². The lowest BCUT2D eigenvalue weighted by Crippen LogP contribution is -2.36. The van der Waals surface area contributed by atoms with E-state index in [4.69, 9.17) is 9.47 Å². The van der Waals surface area contributed by atoms with Gasteiger partial charge in [0, 0.05) is 30.9 Å². The van der Waals surface area contributed by atoms with Crippen LogP contribution in [0.4, 0.5) is 15.3 Å². The van der Waals surface area contributed by atoms with Gasteiger partial charge in [0.1, 0.15) is 12.2 Å². The number of amides is 3. The molecule has 2 aliphatic rings. The minimum Gasteiger partial charge on any atom is -0.445 e. The zero-order valence-electron chi connectivity index (χ0n) is 23.9. The smallest absolute Gasteiger partial charge is 0.410 e. The molecule has 0 aromatic heterocycles. The third-order valence-corrected chi connectivity index (χ3v) is 7.35. The Morgan fingerprint density at radius 2 is 1.71 bits per heavy atom. The van der Waals surface area contributed by atoms with Gasteiger partial charge in [-0.25, -0.2) is 9.59 Å². The monoisotopic (exact) mass is 555 g/mol. The largest absolute Gasteiger partial charge is 0.445 e. The second kappa shape index (κ2) is 12.0. The van der Waals surface area contributed by atoms with Gasteiger partial charge in [-0.05, 0) is 86.6 Å². The maximum Gasteiger partial charge on any atom is 0.410 e. The van der Waals surface area contributed by atoms with Crippen LogP contribution in [0.2, 0.25) is 0 Å². The summed E-state index contributed by atoms with van der Waals surface area (Å²) in [5.74, 6) is -0.233. The fourth-order valence-corrected chi connectivity index (χ4v) is 5.34. The molecule has 8 heteroatoms. The maximum absolute atomic E-state index is 13.2. The van der Waals surface area contributed by atoms with Crippen LogP contribution in [0, 0.1) is 0 Å². The standard InChI is InChI=1S/C33H37N3O5/c1-33(2,3)41-32(39)36-17-8-13-29(36)25-11-7-12-26(19-25)30(37)34-28-15-14-24-16-18-35(21-27(24)20-28)31(38)40-22-23-9-5-4-6-10-23/h4-7,9-12,14-15,19-20,29H,8,13,16-18,21-22H2,1-3H3,(H,34,37). The fourth-order valence-electron chi connectivity index (χ4n) is 5.34. The van der Waals surface area contributed by atoms with Crippen LogP contribution in [0.3, 0.4) is 0 Å². The normalized spacial score (nSPS) is 16.6. The van der Waals surface area contributed by atoms with E-state index in [0.29, 0.717) is 30.9 Å². The van der Waals surface area contributed by atoms with E-state index >= 15 is 0 Å². The van der Waals surface area contributed by atoms with Crippen molar-refractivity contribution in [2.75, 3.05) is 18.4 Å². The van der Waals surface area contributed by atoms with Gasteiger partial charge in [0.15, 0.2) is 0 Å². The molecule has 1 saturated heterocycles. The van der Waals surface area contributed by atoms with Gasteiger partial charge in [0.2, 0.25) is 0 Å². The summed E-state index contributed by atoms with van der Waals surface area (Å²) in [6.45, 7) is 7.44. The first-order valence-electron chi connectivity index (χ1n) is 14.1. The molecule has 0 saturated carbocycles. The van der Waals surface area contributed by atoms with Crippen LogP contribution in [-0.2, 0) is 29.0 Å². The molecule has 3 aromatic carbocycles. The molecular formula is C33H37N3O5. The van der Waals surface area contributed by atoms with Gasteiger partial charge in [-0.15, -0.1) is 0 Å². The molecule has 0 bridgehead atoms. The quantitative estimate of drug-likeness (QED) is 0.378. The average Bonchev–Trinajstić information content (AvgIpc) is 3.46. The molecule has 214 valence electrons. The van der Waals surface area contributed by atoms with Crippen molar-refractivity contribution in [3.63, 3.8) is 0 Å². The van der Waals surface area contributed by atoms with E-state index in [1.165, 1.54) is 0 Å². The molecular weight excluding hydrogens is 518 g/mol. The zero-order chi connectivity index (χ0) is 29.0. The Morgan fingerprint density at radius 1 is 0.902 bits per heavy atom. The van der Waals surface area contributed by atoms with Crippen molar-refractivity contribution in [2.45, 2.75) is 64.8 Å². The van der Waals surface area contributed by atoms with Gasteiger partial charge < -0.3 is 24.6 Å². The van der Waals surface area contributed by atoms with Gasteiger partial charge in [0.05, 0.1) is 6.04 Å². The van der Waals surface area contributed by atoms with E-state index in [1.807, 2.05) is 87.5 Å². The number of carbonyl (C=O) groups is 3. The van der Waals surface area contributed by atoms with E-state index in [2.05, 4.69) is 5.32 Å². The summed E-state index contributed by atoms with van der Waals surface area (Å²) in [6.07, 6.45) is 1.74. The first-order chi connectivity index (χ1) is 19.7. The van der Waals surface area contributed by atoms with E-state index in [1.54, 1.807) is 15.9 Å². The van der Waals surface area contributed by atoms with E-state index < -0.39 is 5.60 Å². The summed E-state index contributed by atoms with van der Waals surface area (Å²) in [5.41, 5.74) is 4.60. The van der Waals surface area contributed by atoms with E-state index in [-0.39, 0.29) is 30.7 Å². The van der Waals surface area contributed by atoms with Gasteiger partial charge in [-0.1, -0.05) is 48.5 Å². The Hall–Kier alpha value is -4.33. The lowest BCUT2D eigenvalue weighted by Gasteiger charge is -2.29. The number of hydrogen-bond acceptors (Lipinski definition) is 5. The summed E-state index contributed by atoms with van der Waals surface area (Å²) in [7, 11) is 0. The minimum absolute atomic E-state index is 0.131. The van der Waals surface area contributed by atoms with Crippen LogP contribution in [0.5, 0.6) is 0 Å². The average molecular weight is 556 g/mol. The van der Waals surface area contributed by atoms with Crippen molar-refractivity contribution in [1.82, 2.24) is 9.80 Å². The van der Waals surface area contributed by atoms with Gasteiger partial charge in [-0.3, -0.25) is 4.79 Å². The predicted molar refractivity (Wildman–Crippen MR) is 156 cm³/mol. The number of fused-ring (bicyclic) bond motifs is 1. The lowest BCUT2D eigenvalue weighted by molar-refractivity contribution is 0.0224. The van der Waals surface area contributed by atoms with Crippen LogP contribution < -0.4 is 5.32 Å². The SMILES string of the molecule is CC(C)(C)OC(=O)N1CCCC1c1cccc(C(=O)Nc2ccc3c(c2)CN(C(=O)OCc2ccccc2)CC3)c1. The molecule has 41 heavy (non-hydrogen) atoms. The van der Waals surface area contributed by atoms with Gasteiger partial charge >= 0.3 is 12.2 Å². The van der Waals surface area contributed by atoms with Crippen molar-refractivity contribution in [3.8, 4) is 0 Å². The number of carbonyl (C=O) groups excluding carboxylic acids is 3. The highest BCUT2D eigenvalue weighted by atomic mass is 16.6. The predicted octanol–water partition coefficient (Wildman–Crippen LogP) is 6.71. The molecule has 2 aliphatic heterocycles. The number of benzene rings is 3. The van der Waals surface area contributed by atoms with Crippen LogP contribution in [0.15, 0.2) is 72.8 Å². The summed E-state index contributed by atoms with van der Waals surface area (Å²) >= 11 is 0. The molecule has 2 heterocycles. The molecule has 0 spiro atoms. The highest BCUT2D eigenvalue weighted by Gasteiger charge is 2.33. The molecule has 5 rings (SSSR count). The zero-order valence-corrected chi connectivity index (χ0v) is 23.9. The number of anilines is 1. The first-order valence-corrected chi connectivity index (χ1v) is 14.1. The summed E-state index contributed by atoms with van der Waals surface area (Å²) in [5, 5.41) is 3.00. The molecule has 8 nitrogen and oxygen atoms in total. The van der Waals surface area contributed by atoms with Crippen molar-refractivity contribution >= 4 is 23.8 Å². The molecule has 1 atom stereocenters. The highest BCUT2D eigenvalue weighted by molar-refractivity contribution is 6.04. The number of nitrogens with zero attached hydrogens (tertiary/aromatic N) is 2. The number of ether oxygens (including phenoxy) is 2. The van der Waals surface area contributed by atoms with E-state index in [0.717, 1.165) is 41.5 Å². The van der Waals surface area contributed by atoms with Crippen LogP contribution >= 0.6 is 0 Å². The highest BCUT2D eigenvalue weighted by Crippen LogP contribution is 2.34. The van der Waals surface area contributed by atoms with Crippen LogP contribution in [0.25, 0.3) is 0 Å². The Kier molecular flexibility index (Phi) is 8.28. The fraction of sp³-hybridized carbons (Fsp3) is 0.364. The Labute approximate surface area is 241 Å². The molecule has 1 N–H and O–H groups in total. The lowest BCUT2D eigenvalue weighted by atomic mass is 9.99. The summed E-state index contributed by atoms with van der Waals surface area (Å²) < 4.78 is 11.1. The van der Waals surface area contributed by atoms with Gasteiger partial charge in [-0.2, -0.15) is 0 Å². The summed E-state index contributed by atoms with van der Waals surface area (Å²) in [6, 6.07) is 22.7. The Bertz CT molecular complexity index is 1420. The third-order valence-electron chi connectivity index (χ3n) is 7.35. The first kappa shape index (κ1) is 28.2.